The Hall–Kier alpha value is -1.20. The first kappa shape index (κ1) is 15.2. The van der Waals surface area contributed by atoms with Gasteiger partial charge in [0.05, 0.1) is 0 Å². The van der Waals surface area contributed by atoms with Crippen molar-refractivity contribution in [1.82, 2.24) is 10.6 Å². The summed E-state index contributed by atoms with van der Waals surface area (Å²) in [6.45, 7) is 5.18. The zero-order valence-corrected chi connectivity index (χ0v) is 12.9. The van der Waals surface area contributed by atoms with E-state index in [0.717, 1.165) is 30.2 Å². The molecule has 2 unspecified atom stereocenters. The molecule has 3 N–H and O–H groups in total. The van der Waals surface area contributed by atoms with Crippen LogP contribution in [0, 0.1) is 0 Å². The minimum absolute atomic E-state index is 0.106. The van der Waals surface area contributed by atoms with E-state index in [0.29, 0.717) is 12.1 Å². The molecular formula is C15H23N3OS. The summed E-state index contributed by atoms with van der Waals surface area (Å²) in [5.41, 5.74) is 2.06. The van der Waals surface area contributed by atoms with Crippen LogP contribution in [0.2, 0.25) is 0 Å². The molecule has 5 heteroatoms. The van der Waals surface area contributed by atoms with Gasteiger partial charge in [-0.2, -0.15) is 11.8 Å². The highest BCUT2D eigenvalue weighted by Gasteiger charge is 2.17. The molecule has 0 bridgehead atoms. The Morgan fingerprint density at radius 2 is 2.15 bits per heavy atom. The second-order valence-electron chi connectivity index (χ2n) is 5.06. The normalized spacial score (nSPS) is 19.6. The Morgan fingerprint density at radius 1 is 1.40 bits per heavy atom. The largest absolute Gasteiger partial charge is 0.334 e. The second kappa shape index (κ2) is 7.55. The monoisotopic (exact) mass is 293 g/mol. The van der Waals surface area contributed by atoms with Gasteiger partial charge in [0, 0.05) is 23.5 Å². The van der Waals surface area contributed by atoms with Crippen LogP contribution in [0.5, 0.6) is 0 Å². The molecule has 110 valence electrons. The van der Waals surface area contributed by atoms with E-state index in [1.807, 2.05) is 36.0 Å². The highest BCUT2D eigenvalue weighted by molar-refractivity contribution is 7.99. The van der Waals surface area contributed by atoms with Crippen molar-refractivity contribution in [3.63, 3.8) is 0 Å². The van der Waals surface area contributed by atoms with E-state index in [1.54, 1.807) is 0 Å². The van der Waals surface area contributed by atoms with Gasteiger partial charge < -0.3 is 16.0 Å². The number of thioether (sulfide) groups is 1. The maximum atomic E-state index is 11.8. The van der Waals surface area contributed by atoms with Crippen LogP contribution in [-0.4, -0.2) is 30.1 Å². The van der Waals surface area contributed by atoms with Gasteiger partial charge in [0.1, 0.15) is 0 Å². The molecule has 0 spiro atoms. The number of urea groups is 1. The second-order valence-corrected chi connectivity index (χ2v) is 6.21. The highest BCUT2D eigenvalue weighted by Crippen LogP contribution is 2.18. The summed E-state index contributed by atoms with van der Waals surface area (Å²) in [4.78, 5) is 11.8. The van der Waals surface area contributed by atoms with Crippen LogP contribution < -0.4 is 16.0 Å². The van der Waals surface area contributed by atoms with E-state index in [4.69, 9.17) is 0 Å². The average Bonchev–Trinajstić information content (AvgIpc) is 2.92. The van der Waals surface area contributed by atoms with Gasteiger partial charge in [-0.05, 0) is 43.3 Å². The fraction of sp³-hybridized carbons (Fsp3) is 0.533. The summed E-state index contributed by atoms with van der Waals surface area (Å²) >= 11 is 1.89. The fourth-order valence-electron chi connectivity index (χ4n) is 2.28. The number of anilines is 1. The minimum Gasteiger partial charge on any atom is -0.334 e. The van der Waals surface area contributed by atoms with Gasteiger partial charge in [0.2, 0.25) is 0 Å². The first-order valence-electron chi connectivity index (χ1n) is 7.17. The van der Waals surface area contributed by atoms with E-state index in [2.05, 4.69) is 29.8 Å². The molecule has 1 aromatic carbocycles. The third kappa shape index (κ3) is 4.42. The molecule has 2 rings (SSSR count). The van der Waals surface area contributed by atoms with Crippen molar-refractivity contribution in [2.24, 2.45) is 0 Å². The van der Waals surface area contributed by atoms with Gasteiger partial charge in [-0.3, -0.25) is 0 Å². The van der Waals surface area contributed by atoms with Gasteiger partial charge in [-0.15, -0.1) is 0 Å². The lowest BCUT2D eigenvalue weighted by Crippen LogP contribution is -2.37. The van der Waals surface area contributed by atoms with Crippen LogP contribution in [0.1, 0.15) is 31.9 Å². The molecular weight excluding hydrogens is 270 g/mol. The number of rotatable bonds is 5. The number of carbonyl (C=O) groups is 1. The summed E-state index contributed by atoms with van der Waals surface area (Å²) in [7, 11) is 0. The number of hydrogen-bond acceptors (Lipinski definition) is 3. The molecule has 4 nitrogen and oxygen atoms in total. The molecule has 1 aliphatic heterocycles. The lowest BCUT2D eigenvalue weighted by atomic mass is 10.1. The van der Waals surface area contributed by atoms with Crippen molar-refractivity contribution in [3.05, 3.63) is 29.8 Å². The Kier molecular flexibility index (Phi) is 5.73. The molecule has 2 atom stereocenters. The van der Waals surface area contributed by atoms with Crippen molar-refractivity contribution >= 4 is 23.5 Å². The van der Waals surface area contributed by atoms with E-state index >= 15 is 0 Å². The van der Waals surface area contributed by atoms with Gasteiger partial charge in [0.15, 0.2) is 0 Å². The lowest BCUT2D eigenvalue weighted by molar-refractivity contribution is 0.249. The third-order valence-corrected chi connectivity index (χ3v) is 4.61. The van der Waals surface area contributed by atoms with E-state index in [1.165, 1.54) is 5.56 Å². The Bertz CT molecular complexity index is 429. The standard InChI is InChI=1S/C15H23N3OS/c1-3-16-11(2)12-4-6-13(7-5-12)17-15(19)18-14-8-9-20-10-14/h4-7,11,14,16H,3,8-10H2,1-2H3,(H2,17,18,19). The first-order chi connectivity index (χ1) is 9.69. The topological polar surface area (TPSA) is 53.2 Å². The summed E-state index contributed by atoms with van der Waals surface area (Å²) in [6.07, 6.45) is 1.07. The van der Waals surface area contributed by atoms with Crippen molar-refractivity contribution < 1.29 is 4.79 Å². The Balaban J connectivity index is 1.84. The molecule has 1 aromatic rings. The van der Waals surface area contributed by atoms with E-state index in [-0.39, 0.29) is 6.03 Å². The number of nitrogens with one attached hydrogen (secondary N) is 3. The predicted octanol–water partition coefficient (Wildman–Crippen LogP) is 2.98. The van der Waals surface area contributed by atoms with Crippen molar-refractivity contribution in [2.75, 3.05) is 23.4 Å². The van der Waals surface area contributed by atoms with Crippen molar-refractivity contribution in [2.45, 2.75) is 32.4 Å². The van der Waals surface area contributed by atoms with Crippen LogP contribution >= 0.6 is 11.8 Å². The Morgan fingerprint density at radius 3 is 2.75 bits per heavy atom. The summed E-state index contributed by atoms with van der Waals surface area (Å²) in [6, 6.07) is 8.54. The first-order valence-corrected chi connectivity index (χ1v) is 8.33. The van der Waals surface area contributed by atoms with Gasteiger partial charge in [0.25, 0.3) is 0 Å². The molecule has 0 radical (unpaired) electrons. The van der Waals surface area contributed by atoms with Crippen LogP contribution in [0.3, 0.4) is 0 Å². The predicted molar refractivity (Wildman–Crippen MR) is 86.4 cm³/mol. The van der Waals surface area contributed by atoms with Gasteiger partial charge in [-0.25, -0.2) is 4.79 Å². The smallest absolute Gasteiger partial charge is 0.319 e. The van der Waals surface area contributed by atoms with Crippen LogP contribution in [0.15, 0.2) is 24.3 Å². The lowest BCUT2D eigenvalue weighted by Gasteiger charge is -2.15. The molecule has 0 saturated carbocycles. The average molecular weight is 293 g/mol. The third-order valence-electron chi connectivity index (χ3n) is 3.44. The zero-order valence-electron chi connectivity index (χ0n) is 12.1. The van der Waals surface area contributed by atoms with Crippen molar-refractivity contribution in [3.8, 4) is 0 Å². The molecule has 2 amide bonds. The van der Waals surface area contributed by atoms with E-state index in [9.17, 15) is 4.79 Å². The molecule has 1 fully saturated rings. The number of amides is 2. The maximum Gasteiger partial charge on any atom is 0.319 e. The molecule has 1 aliphatic rings. The summed E-state index contributed by atoms with van der Waals surface area (Å²) < 4.78 is 0. The molecule has 20 heavy (non-hydrogen) atoms. The van der Waals surface area contributed by atoms with Gasteiger partial charge >= 0.3 is 6.03 Å². The number of benzene rings is 1. The fourth-order valence-corrected chi connectivity index (χ4v) is 3.43. The zero-order chi connectivity index (χ0) is 14.4. The molecule has 1 heterocycles. The minimum atomic E-state index is -0.106. The summed E-state index contributed by atoms with van der Waals surface area (Å²) in [5, 5.41) is 9.26. The molecule has 1 saturated heterocycles. The quantitative estimate of drug-likeness (QED) is 0.782. The highest BCUT2D eigenvalue weighted by atomic mass is 32.2. The number of carbonyl (C=O) groups excluding carboxylic acids is 1. The Labute approximate surface area is 125 Å². The van der Waals surface area contributed by atoms with Crippen molar-refractivity contribution in [1.29, 1.82) is 0 Å². The van der Waals surface area contributed by atoms with Crippen LogP contribution in [0.4, 0.5) is 10.5 Å². The van der Waals surface area contributed by atoms with Crippen LogP contribution in [-0.2, 0) is 0 Å². The van der Waals surface area contributed by atoms with E-state index < -0.39 is 0 Å². The maximum absolute atomic E-state index is 11.8. The van der Waals surface area contributed by atoms with Crippen LogP contribution in [0.25, 0.3) is 0 Å². The molecule has 0 aliphatic carbocycles. The number of hydrogen-bond donors (Lipinski definition) is 3. The SMILES string of the molecule is CCNC(C)c1ccc(NC(=O)NC2CCSC2)cc1. The van der Waals surface area contributed by atoms with Gasteiger partial charge in [-0.1, -0.05) is 19.1 Å². The molecule has 0 aromatic heterocycles. The summed E-state index contributed by atoms with van der Waals surface area (Å²) in [5.74, 6) is 2.16.